The maximum Gasteiger partial charge on any atom is 0.410 e. The zero-order valence-electron chi connectivity index (χ0n) is 46.1. The molecule has 6 aliphatic rings. The molecule has 18 nitrogen and oxygen atoms in total. The first-order valence-electron chi connectivity index (χ1n) is 26.3. The molecule has 6 saturated heterocycles. The number of ether oxygens (including phenoxy) is 6. The second kappa shape index (κ2) is 25.1. The average molecular weight is 1080 g/mol. The van der Waals surface area contributed by atoms with Crippen molar-refractivity contribution in [2.75, 3.05) is 98.4 Å². The van der Waals surface area contributed by atoms with E-state index in [9.17, 15) is 27.6 Å². The fourth-order valence-electron chi connectivity index (χ4n) is 9.88. The molecule has 6 fully saturated rings. The second-order valence-electron chi connectivity index (χ2n) is 23.2. The van der Waals surface area contributed by atoms with Crippen LogP contribution in [0, 0.1) is 37.2 Å². The SMILES string of the molecule is [C-]#[N+]c1cc(C2CN3CCN(C(=O)OC(C)(C)C)C[C@H]3CO2)ccc1F.[C-]#[N+]c1cc([C@@H]2CN3CCN(C(=O)OC(C)(C)C)C[C@H]3CO2)ccc1F.[C-]#[N+]c1cc([C@H]2CN3CCN(C(=O)OC(C)(C)C)C[C@H]3CO2)ccc1F. The number of fused-ring (bicyclic) bond motifs is 3. The fraction of sp³-hybridized carbons (Fsp3) is 0.579. The Morgan fingerprint density at radius 3 is 0.936 bits per heavy atom. The maximum atomic E-state index is 13.5. The molecule has 0 aromatic heterocycles. The van der Waals surface area contributed by atoms with E-state index in [1.54, 1.807) is 51.1 Å². The number of piperazine rings is 3. The van der Waals surface area contributed by atoms with E-state index in [4.69, 9.17) is 48.1 Å². The minimum Gasteiger partial charge on any atom is -0.444 e. The molecule has 0 spiro atoms. The van der Waals surface area contributed by atoms with Gasteiger partial charge in [0.1, 0.15) is 34.3 Å². The summed E-state index contributed by atoms with van der Waals surface area (Å²) >= 11 is 0. The maximum absolute atomic E-state index is 13.5. The van der Waals surface area contributed by atoms with Crippen molar-refractivity contribution in [3.05, 3.63) is 123 Å². The van der Waals surface area contributed by atoms with E-state index in [1.165, 1.54) is 18.2 Å². The molecule has 6 heterocycles. The lowest BCUT2D eigenvalue weighted by Gasteiger charge is -2.46. The van der Waals surface area contributed by atoms with E-state index in [2.05, 4.69) is 29.2 Å². The van der Waals surface area contributed by atoms with E-state index in [-0.39, 0.29) is 71.8 Å². The largest absolute Gasteiger partial charge is 0.444 e. The van der Waals surface area contributed by atoms with Gasteiger partial charge in [-0.2, -0.15) is 0 Å². The number of carbonyl (C=O) groups is 3. The van der Waals surface area contributed by atoms with Crippen molar-refractivity contribution in [1.82, 2.24) is 29.4 Å². The van der Waals surface area contributed by atoms with Gasteiger partial charge in [0, 0.05) is 78.5 Å². The smallest absolute Gasteiger partial charge is 0.410 e. The number of morpholine rings is 3. The Kier molecular flexibility index (Phi) is 19.0. The van der Waals surface area contributed by atoms with Gasteiger partial charge in [0.05, 0.1) is 76.0 Å². The van der Waals surface area contributed by atoms with Gasteiger partial charge >= 0.3 is 18.3 Å². The van der Waals surface area contributed by atoms with Crippen molar-refractivity contribution in [3.8, 4) is 0 Å². The Bertz CT molecular complexity index is 2470. The monoisotopic (exact) mass is 1080 g/mol. The predicted molar refractivity (Wildman–Crippen MR) is 284 cm³/mol. The number of carbonyl (C=O) groups excluding carboxylic acids is 3. The number of nitrogens with zero attached hydrogens (tertiary/aromatic N) is 9. The highest BCUT2D eigenvalue weighted by atomic mass is 19.1. The van der Waals surface area contributed by atoms with Crippen LogP contribution >= 0.6 is 0 Å². The van der Waals surface area contributed by atoms with Crippen molar-refractivity contribution < 1.29 is 56.0 Å². The molecule has 0 bridgehead atoms. The Morgan fingerprint density at radius 1 is 0.449 bits per heavy atom. The summed E-state index contributed by atoms with van der Waals surface area (Å²) in [4.78, 5) is 58.5. The highest BCUT2D eigenvalue weighted by Crippen LogP contribution is 2.34. The van der Waals surface area contributed by atoms with Crippen LogP contribution in [0.4, 0.5) is 44.6 Å². The Hall–Kier alpha value is -6.51. The van der Waals surface area contributed by atoms with Crippen molar-refractivity contribution in [2.45, 2.75) is 116 Å². The Balaban J connectivity index is 0.000000170. The first kappa shape index (κ1) is 59.2. The molecule has 78 heavy (non-hydrogen) atoms. The lowest BCUT2D eigenvalue weighted by Crippen LogP contribution is -2.59. The summed E-state index contributed by atoms with van der Waals surface area (Å²) in [7, 11) is 0. The summed E-state index contributed by atoms with van der Waals surface area (Å²) in [6.07, 6.45) is -1.46. The quantitative estimate of drug-likeness (QED) is 0.182. The van der Waals surface area contributed by atoms with Gasteiger partial charge in [-0.25, -0.2) is 42.1 Å². The van der Waals surface area contributed by atoms with Crippen LogP contribution in [0.15, 0.2) is 54.6 Å². The van der Waals surface area contributed by atoms with Gasteiger partial charge in [-0.15, -0.1) is 0 Å². The van der Waals surface area contributed by atoms with Crippen LogP contribution in [0.2, 0.25) is 0 Å². The molecule has 21 heteroatoms. The molecular weight excluding hydrogens is 1010 g/mol. The number of hydrogen-bond acceptors (Lipinski definition) is 12. The fourth-order valence-corrected chi connectivity index (χ4v) is 9.88. The van der Waals surface area contributed by atoms with Crippen molar-refractivity contribution in [1.29, 1.82) is 0 Å². The molecule has 1 unspecified atom stereocenters. The topological polar surface area (TPSA) is 139 Å². The molecule has 0 radical (unpaired) electrons. The highest BCUT2D eigenvalue weighted by Gasteiger charge is 2.40. The summed E-state index contributed by atoms with van der Waals surface area (Å²) in [5.41, 5.74) is 0.957. The third-order valence-electron chi connectivity index (χ3n) is 13.8. The summed E-state index contributed by atoms with van der Waals surface area (Å²) in [5, 5.41) is 0. The van der Waals surface area contributed by atoms with E-state index in [0.29, 0.717) is 78.7 Å². The van der Waals surface area contributed by atoms with Gasteiger partial charge < -0.3 is 43.1 Å². The third kappa shape index (κ3) is 15.8. The first-order chi connectivity index (χ1) is 36.8. The molecule has 3 aromatic carbocycles. The van der Waals surface area contributed by atoms with Crippen LogP contribution in [0.3, 0.4) is 0 Å². The standard InChI is InChI=1S/3C19H24FN3O3/c3*1-19(2,3)26-18(24)23-8-7-22-11-17(25-12-14(22)10-23)13-5-6-15(20)16(9-13)21-4/h3*5-6,9,14,17H,7-8,10-12H2,1-3H3/t14-,17?;14-,17+;14-,17-/m000/s1. The minimum atomic E-state index is -0.511. The van der Waals surface area contributed by atoms with Gasteiger partial charge in [0.2, 0.25) is 17.1 Å². The second-order valence-corrected chi connectivity index (χ2v) is 23.2. The van der Waals surface area contributed by atoms with Crippen LogP contribution in [0.1, 0.15) is 97.3 Å². The normalized spacial score (nSPS) is 23.9. The summed E-state index contributed by atoms with van der Waals surface area (Å²) in [6, 6.07) is 14.0. The number of halogens is 3. The number of hydrogen-bond donors (Lipinski definition) is 0. The van der Waals surface area contributed by atoms with E-state index in [0.717, 1.165) is 36.3 Å². The third-order valence-corrected chi connectivity index (χ3v) is 13.8. The molecule has 0 saturated carbocycles. The van der Waals surface area contributed by atoms with Crippen LogP contribution in [-0.2, 0) is 28.4 Å². The van der Waals surface area contributed by atoms with Gasteiger partial charge in [0.15, 0.2) is 0 Å². The molecule has 0 N–H and O–H groups in total. The highest BCUT2D eigenvalue weighted by molar-refractivity contribution is 5.69. The van der Waals surface area contributed by atoms with Crippen LogP contribution in [-0.4, -0.2) is 181 Å². The summed E-state index contributed by atoms with van der Waals surface area (Å²) in [5.74, 6) is -1.53. The van der Waals surface area contributed by atoms with Crippen LogP contribution in [0.5, 0.6) is 0 Å². The zero-order chi connectivity index (χ0) is 56.7. The van der Waals surface area contributed by atoms with E-state index in [1.807, 2.05) is 62.3 Å². The van der Waals surface area contributed by atoms with Crippen LogP contribution < -0.4 is 0 Å². The molecule has 3 amide bonds. The van der Waals surface area contributed by atoms with Crippen LogP contribution in [0.25, 0.3) is 14.5 Å². The average Bonchev–Trinajstić information content (AvgIpc) is 3.41. The predicted octanol–water partition coefficient (Wildman–Crippen LogP) is 10.1. The number of rotatable bonds is 3. The Labute approximate surface area is 456 Å². The van der Waals surface area contributed by atoms with Gasteiger partial charge in [0.25, 0.3) is 0 Å². The molecule has 0 aliphatic carbocycles. The number of amides is 3. The molecule has 6 aliphatic heterocycles. The van der Waals surface area contributed by atoms with Gasteiger partial charge in [-0.1, -0.05) is 18.2 Å². The molecular formula is C57H72F3N9O9. The van der Waals surface area contributed by atoms with Gasteiger partial charge in [-0.3, -0.25) is 14.7 Å². The lowest BCUT2D eigenvalue weighted by molar-refractivity contribution is -0.0908. The van der Waals surface area contributed by atoms with Gasteiger partial charge in [-0.05, 0) is 115 Å². The number of benzene rings is 3. The first-order valence-corrected chi connectivity index (χ1v) is 26.3. The van der Waals surface area contributed by atoms with Crippen molar-refractivity contribution in [2.24, 2.45) is 0 Å². The van der Waals surface area contributed by atoms with E-state index < -0.39 is 34.3 Å². The van der Waals surface area contributed by atoms with Crippen molar-refractivity contribution in [3.63, 3.8) is 0 Å². The lowest BCUT2D eigenvalue weighted by atomic mass is 10.0. The minimum absolute atomic E-state index is 0.0166. The zero-order valence-corrected chi connectivity index (χ0v) is 46.1. The Morgan fingerprint density at radius 2 is 0.705 bits per heavy atom. The molecule has 3 aromatic rings. The summed E-state index contributed by atoms with van der Waals surface area (Å²) < 4.78 is 74.8. The molecule has 420 valence electrons. The molecule has 9 rings (SSSR count). The molecule has 6 atom stereocenters. The summed E-state index contributed by atoms with van der Waals surface area (Å²) in [6.45, 7) is 47.0. The van der Waals surface area contributed by atoms with E-state index >= 15 is 0 Å². The van der Waals surface area contributed by atoms with Crippen molar-refractivity contribution >= 4 is 35.3 Å².